The fourth-order valence-electron chi connectivity index (χ4n) is 4.18. The van der Waals surface area contributed by atoms with Gasteiger partial charge < -0.3 is 10.2 Å². The Morgan fingerprint density at radius 2 is 1.42 bits per heavy atom. The lowest BCUT2D eigenvalue weighted by Crippen LogP contribution is -2.50. The molecule has 4 nitrogen and oxygen atoms in total. The van der Waals surface area contributed by atoms with Gasteiger partial charge in [-0.05, 0) is 46.5 Å². The van der Waals surface area contributed by atoms with Crippen LogP contribution >= 0.6 is 23.2 Å². The molecule has 0 aliphatic carbocycles. The quantitative estimate of drug-likeness (QED) is 0.241. The molecule has 1 atom stereocenters. The molecule has 0 aromatic heterocycles. The van der Waals surface area contributed by atoms with E-state index >= 15 is 0 Å². The van der Waals surface area contributed by atoms with Crippen molar-refractivity contribution in [2.24, 2.45) is 0 Å². The van der Waals surface area contributed by atoms with E-state index in [1.54, 1.807) is 35.2 Å². The first-order valence-electron chi connectivity index (χ1n) is 12.2. The van der Waals surface area contributed by atoms with Crippen LogP contribution in [0.5, 0.6) is 0 Å². The summed E-state index contributed by atoms with van der Waals surface area (Å²) in [7, 11) is 0. The van der Waals surface area contributed by atoms with Crippen molar-refractivity contribution in [1.82, 2.24) is 10.2 Å². The maximum atomic E-state index is 13.7. The van der Waals surface area contributed by atoms with Gasteiger partial charge in [0.2, 0.25) is 11.8 Å². The van der Waals surface area contributed by atoms with Crippen molar-refractivity contribution in [3.05, 3.63) is 141 Å². The summed E-state index contributed by atoms with van der Waals surface area (Å²) in [5, 5.41) is 3.90. The largest absolute Gasteiger partial charge is 0.350 e. The molecule has 0 aliphatic rings. The molecular weight excluding hydrogens is 522 g/mol. The third-order valence-corrected chi connectivity index (χ3v) is 6.79. The average molecular weight is 549 g/mol. The smallest absolute Gasteiger partial charge is 0.243 e. The predicted octanol–water partition coefficient (Wildman–Crippen LogP) is 6.63. The Bertz CT molecular complexity index is 1370. The van der Waals surface area contributed by atoms with Crippen LogP contribution in [0, 0.1) is 5.82 Å². The fourth-order valence-corrected chi connectivity index (χ4v) is 4.65. The van der Waals surface area contributed by atoms with E-state index in [9.17, 15) is 14.0 Å². The third-order valence-electron chi connectivity index (χ3n) is 6.20. The molecule has 38 heavy (non-hydrogen) atoms. The van der Waals surface area contributed by atoms with E-state index in [4.69, 9.17) is 23.2 Å². The molecule has 0 aliphatic heterocycles. The van der Waals surface area contributed by atoms with Gasteiger partial charge in [0.15, 0.2) is 0 Å². The van der Waals surface area contributed by atoms with Crippen LogP contribution in [-0.2, 0) is 35.5 Å². The minimum absolute atomic E-state index is 0.129. The minimum atomic E-state index is -0.815. The number of benzene rings is 4. The van der Waals surface area contributed by atoms with Gasteiger partial charge in [-0.1, -0.05) is 102 Å². The van der Waals surface area contributed by atoms with Gasteiger partial charge in [-0.15, -0.1) is 0 Å². The molecule has 0 spiro atoms. The van der Waals surface area contributed by atoms with Crippen molar-refractivity contribution in [3.8, 4) is 0 Å². The van der Waals surface area contributed by atoms with E-state index in [0.717, 1.165) is 16.7 Å². The molecule has 7 heteroatoms. The summed E-state index contributed by atoms with van der Waals surface area (Å²) in [5.74, 6) is -0.890. The standard InChI is InChI=1S/C31H27Cl2FN2O2/c32-26-14-13-25(28(33)19-26)20-35-31(38)29(17-22-7-3-1-4-8-22)36(21-24-11-15-27(34)16-12-24)30(37)18-23-9-5-2-6-10-23/h1-16,19,29H,17-18,20-21H2,(H,35,38)/t29-/m1/s1. The SMILES string of the molecule is O=C(NCc1ccc(Cl)cc1Cl)[C@@H](Cc1ccccc1)N(Cc1ccc(F)cc1)C(=O)Cc1ccccc1. The molecule has 0 saturated carbocycles. The van der Waals surface area contributed by atoms with Gasteiger partial charge in [0.1, 0.15) is 11.9 Å². The van der Waals surface area contributed by atoms with Crippen molar-refractivity contribution in [2.75, 3.05) is 0 Å². The summed E-state index contributed by atoms with van der Waals surface area (Å²) in [6.07, 6.45) is 0.437. The van der Waals surface area contributed by atoms with Crippen LogP contribution in [0.3, 0.4) is 0 Å². The predicted molar refractivity (Wildman–Crippen MR) is 149 cm³/mol. The van der Waals surface area contributed by atoms with E-state index in [1.807, 2.05) is 60.7 Å². The summed E-state index contributed by atoms with van der Waals surface area (Å²) in [5.41, 5.74) is 3.19. The Hall–Kier alpha value is -3.67. The van der Waals surface area contributed by atoms with Crippen molar-refractivity contribution >= 4 is 35.0 Å². The van der Waals surface area contributed by atoms with Crippen LogP contribution in [0.1, 0.15) is 22.3 Å². The van der Waals surface area contributed by atoms with Crippen LogP contribution < -0.4 is 5.32 Å². The molecule has 0 saturated heterocycles. The lowest BCUT2D eigenvalue weighted by atomic mass is 10.0. The van der Waals surface area contributed by atoms with Gasteiger partial charge in [-0.3, -0.25) is 9.59 Å². The van der Waals surface area contributed by atoms with Crippen molar-refractivity contribution in [1.29, 1.82) is 0 Å². The summed E-state index contributed by atoms with van der Waals surface area (Å²) in [4.78, 5) is 29.0. The van der Waals surface area contributed by atoms with E-state index in [0.29, 0.717) is 22.0 Å². The molecule has 4 rings (SSSR count). The van der Waals surface area contributed by atoms with E-state index in [2.05, 4.69) is 5.32 Å². The van der Waals surface area contributed by atoms with E-state index < -0.39 is 6.04 Å². The van der Waals surface area contributed by atoms with Crippen molar-refractivity contribution in [2.45, 2.75) is 32.0 Å². The van der Waals surface area contributed by atoms with Crippen molar-refractivity contribution in [3.63, 3.8) is 0 Å². The Morgan fingerprint density at radius 3 is 2.05 bits per heavy atom. The molecule has 1 N–H and O–H groups in total. The first-order valence-corrected chi connectivity index (χ1v) is 13.0. The number of carbonyl (C=O) groups is 2. The third kappa shape index (κ3) is 7.67. The topological polar surface area (TPSA) is 49.4 Å². The molecule has 0 fully saturated rings. The number of nitrogens with one attached hydrogen (secondary N) is 1. The molecule has 0 bridgehead atoms. The van der Waals surface area contributed by atoms with Gasteiger partial charge >= 0.3 is 0 Å². The zero-order valence-electron chi connectivity index (χ0n) is 20.6. The maximum absolute atomic E-state index is 13.7. The van der Waals surface area contributed by atoms with E-state index in [1.165, 1.54) is 12.1 Å². The molecule has 2 amide bonds. The number of nitrogens with zero attached hydrogens (tertiary/aromatic N) is 1. The highest BCUT2D eigenvalue weighted by atomic mass is 35.5. The first-order chi connectivity index (χ1) is 18.4. The number of amides is 2. The van der Waals surface area contributed by atoms with Crippen LogP contribution in [0.4, 0.5) is 4.39 Å². The second-order valence-electron chi connectivity index (χ2n) is 8.97. The number of hydrogen-bond donors (Lipinski definition) is 1. The van der Waals surface area contributed by atoms with Gasteiger partial charge in [0.05, 0.1) is 6.42 Å². The molecule has 4 aromatic rings. The molecule has 0 heterocycles. The summed E-state index contributed by atoms with van der Waals surface area (Å²) in [6.45, 7) is 0.329. The monoisotopic (exact) mass is 548 g/mol. The van der Waals surface area contributed by atoms with Crippen LogP contribution in [-0.4, -0.2) is 22.8 Å². The highest BCUT2D eigenvalue weighted by molar-refractivity contribution is 6.35. The fraction of sp³-hybridized carbons (Fsp3) is 0.161. The minimum Gasteiger partial charge on any atom is -0.350 e. The normalized spacial score (nSPS) is 11.6. The van der Waals surface area contributed by atoms with Gasteiger partial charge in [0, 0.05) is 29.6 Å². The van der Waals surface area contributed by atoms with Gasteiger partial charge in [-0.25, -0.2) is 4.39 Å². The highest BCUT2D eigenvalue weighted by Gasteiger charge is 2.30. The van der Waals surface area contributed by atoms with Crippen LogP contribution in [0.15, 0.2) is 103 Å². The Balaban J connectivity index is 1.64. The molecule has 0 unspecified atom stereocenters. The van der Waals surface area contributed by atoms with E-state index in [-0.39, 0.29) is 37.1 Å². The molecule has 0 radical (unpaired) electrons. The zero-order valence-corrected chi connectivity index (χ0v) is 22.1. The molecule has 194 valence electrons. The Kier molecular flexibility index (Phi) is 9.52. The number of halogens is 3. The summed E-state index contributed by atoms with van der Waals surface area (Å²) < 4.78 is 13.6. The lowest BCUT2D eigenvalue weighted by molar-refractivity contribution is -0.140. The molecule has 4 aromatic carbocycles. The highest BCUT2D eigenvalue weighted by Crippen LogP contribution is 2.22. The van der Waals surface area contributed by atoms with Gasteiger partial charge in [0.25, 0.3) is 0 Å². The second kappa shape index (κ2) is 13.2. The zero-order chi connectivity index (χ0) is 26.9. The number of carbonyl (C=O) groups excluding carboxylic acids is 2. The second-order valence-corrected chi connectivity index (χ2v) is 9.81. The first kappa shape index (κ1) is 27.4. The van der Waals surface area contributed by atoms with Crippen LogP contribution in [0.25, 0.3) is 0 Å². The average Bonchev–Trinajstić information content (AvgIpc) is 2.92. The number of hydrogen-bond acceptors (Lipinski definition) is 2. The Labute approximate surface area is 232 Å². The number of rotatable bonds is 10. The summed E-state index contributed by atoms with van der Waals surface area (Å²) >= 11 is 12.3. The molecular formula is C31H27Cl2FN2O2. The maximum Gasteiger partial charge on any atom is 0.243 e. The lowest BCUT2D eigenvalue weighted by Gasteiger charge is -2.32. The van der Waals surface area contributed by atoms with Crippen LogP contribution in [0.2, 0.25) is 10.0 Å². The Morgan fingerprint density at radius 1 is 0.789 bits per heavy atom. The van der Waals surface area contributed by atoms with Gasteiger partial charge in [-0.2, -0.15) is 0 Å². The summed E-state index contributed by atoms with van der Waals surface area (Å²) in [6, 6.07) is 29.2. The van der Waals surface area contributed by atoms with Crippen molar-refractivity contribution < 1.29 is 14.0 Å².